The Bertz CT molecular complexity index is 290. The molecule has 0 aromatic carbocycles. The van der Waals surface area contributed by atoms with Crippen LogP contribution in [0.3, 0.4) is 0 Å². The fraction of sp³-hybridized carbons (Fsp3) is 0.417. The zero-order valence-corrected chi connectivity index (χ0v) is 9.41. The van der Waals surface area contributed by atoms with Crippen molar-refractivity contribution in [2.75, 3.05) is 7.05 Å². The first-order valence-electron chi connectivity index (χ1n) is 4.59. The molecule has 0 amide bonds. The van der Waals surface area contributed by atoms with E-state index in [0.29, 0.717) is 11.8 Å². The summed E-state index contributed by atoms with van der Waals surface area (Å²) in [5.41, 5.74) is 1.26. The Labute approximate surface area is 87.0 Å². The Balaban J connectivity index is 4.71. The molecule has 76 valence electrons. The largest absolute Gasteiger partial charge is 0.329 e. The molecule has 0 saturated heterocycles. The van der Waals surface area contributed by atoms with Gasteiger partial charge in [-0.1, -0.05) is 26.0 Å². The minimum Gasteiger partial charge on any atom is -0.329 e. The van der Waals surface area contributed by atoms with Gasteiger partial charge in [0.25, 0.3) is 0 Å². The lowest BCUT2D eigenvalue weighted by Crippen LogP contribution is -2.19. The van der Waals surface area contributed by atoms with Crippen molar-refractivity contribution < 1.29 is 0 Å². The highest BCUT2D eigenvalue weighted by molar-refractivity contribution is 5.98. The van der Waals surface area contributed by atoms with E-state index >= 15 is 0 Å². The van der Waals surface area contributed by atoms with Crippen LogP contribution in [0.25, 0.3) is 0 Å². The fourth-order valence-corrected chi connectivity index (χ4v) is 0.832. The third-order valence-electron chi connectivity index (χ3n) is 1.98. The maximum Gasteiger partial charge on any atom is 0.184 e. The van der Waals surface area contributed by atoms with E-state index in [-0.39, 0.29) is 0 Å². The van der Waals surface area contributed by atoms with Gasteiger partial charge in [0.05, 0.1) is 0 Å². The standard InChI is InChI=1S/C12H18N2/c1-7-12(13-8-2)14(6)9-11(5)10(3)4/h1,8-10H,2H2,3-6H3/b11-9+,13-12-. The monoisotopic (exact) mass is 190 g/mol. The highest BCUT2D eigenvalue weighted by Gasteiger charge is 2.01. The van der Waals surface area contributed by atoms with Crippen LogP contribution in [0.2, 0.25) is 0 Å². The van der Waals surface area contributed by atoms with Gasteiger partial charge < -0.3 is 4.90 Å². The Morgan fingerprint density at radius 3 is 2.50 bits per heavy atom. The van der Waals surface area contributed by atoms with Crippen LogP contribution in [0, 0.1) is 18.3 Å². The van der Waals surface area contributed by atoms with Gasteiger partial charge in [-0.05, 0) is 18.8 Å². The molecule has 0 fully saturated rings. The van der Waals surface area contributed by atoms with E-state index in [1.165, 1.54) is 11.8 Å². The van der Waals surface area contributed by atoms with Crippen LogP contribution in [-0.4, -0.2) is 17.8 Å². The molecule has 0 atom stereocenters. The number of allylic oxidation sites excluding steroid dienone is 1. The highest BCUT2D eigenvalue weighted by atomic mass is 15.1. The summed E-state index contributed by atoms with van der Waals surface area (Å²) in [6, 6.07) is 0. The molecule has 0 unspecified atom stereocenters. The first kappa shape index (κ1) is 12.5. The van der Waals surface area contributed by atoms with E-state index in [2.05, 4.69) is 38.3 Å². The van der Waals surface area contributed by atoms with E-state index in [1.54, 1.807) is 0 Å². The topological polar surface area (TPSA) is 15.6 Å². The second kappa shape index (κ2) is 6.04. The zero-order chi connectivity index (χ0) is 11.1. The SMILES string of the molecule is C#C/C(=N/C=C)N(C)/C=C(\C)C(C)C. The predicted octanol–water partition coefficient (Wildman–Crippen LogP) is 2.65. The van der Waals surface area contributed by atoms with Crippen LogP contribution in [-0.2, 0) is 0 Å². The molecule has 0 aliphatic carbocycles. The van der Waals surface area contributed by atoms with Crippen molar-refractivity contribution in [3.05, 3.63) is 24.6 Å². The predicted molar refractivity (Wildman–Crippen MR) is 62.8 cm³/mol. The summed E-state index contributed by atoms with van der Waals surface area (Å²) in [5.74, 6) is 3.59. The minimum absolute atomic E-state index is 0.514. The normalized spacial score (nSPS) is 12.6. The smallest absolute Gasteiger partial charge is 0.184 e. The average Bonchev–Trinajstić information content (AvgIpc) is 2.13. The number of terminal acetylenes is 1. The molecule has 14 heavy (non-hydrogen) atoms. The van der Waals surface area contributed by atoms with Crippen molar-refractivity contribution in [3.8, 4) is 12.3 Å². The summed E-state index contributed by atoms with van der Waals surface area (Å²) >= 11 is 0. The second-order valence-electron chi connectivity index (χ2n) is 3.42. The summed E-state index contributed by atoms with van der Waals surface area (Å²) in [7, 11) is 1.88. The van der Waals surface area contributed by atoms with E-state index in [4.69, 9.17) is 6.42 Å². The van der Waals surface area contributed by atoms with Gasteiger partial charge in [0, 0.05) is 19.4 Å². The van der Waals surface area contributed by atoms with E-state index in [9.17, 15) is 0 Å². The van der Waals surface area contributed by atoms with E-state index < -0.39 is 0 Å². The Hall–Kier alpha value is -1.49. The van der Waals surface area contributed by atoms with Crippen molar-refractivity contribution in [2.24, 2.45) is 10.9 Å². The first-order valence-corrected chi connectivity index (χ1v) is 4.59. The quantitative estimate of drug-likeness (QED) is 0.379. The van der Waals surface area contributed by atoms with E-state index in [1.807, 2.05) is 18.1 Å². The second-order valence-corrected chi connectivity index (χ2v) is 3.42. The molecule has 0 aliphatic rings. The summed E-state index contributed by atoms with van der Waals surface area (Å²) < 4.78 is 0. The Morgan fingerprint density at radius 1 is 1.57 bits per heavy atom. The molecule has 0 bridgehead atoms. The lowest BCUT2D eigenvalue weighted by atomic mass is 10.1. The molecule has 2 nitrogen and oxygen atoms in total. The lowest BCUT2D eigenvalue weighted by molar-refractivity contribution is 0.655. The van der Waals surface area contributed by atoms with E-state index in [0.717, 1.165) is 0 Å². The number of hydrogen-bond acceptors (Lipinski definition) is 1. The van der Waals surface area contributed by atoms with Crippen molar-refractivity contribution in [3.63, 3.8) is 0 Å². The lowest BCUT2D eigenvalue weighted by Gasteiger charge is -2.15. The van der Waals surface area contributed by atoms with Gasteiger partial charge >= 0.3 is 0 Å². The van der Waals surface area contributed by atoms with Gasteiger partial charge in [-0.2, -0.15) is 0 Å². The molecule has 0 spiro atoms. The van der Waals surface area contributed by atoms with Crippen molar-refractivity contribution in [1.29, 1.82) is 0 Å². The maximum absolute atomic E-state index is 5.31. The van der Waals surface area contributed by atoms with Crippen molar-refractivity contribution in [1.82, 2.24) is 4.90 Å². The molecule has 2 heteroatoms. The zero-order valence-electron chi connectivity index (χ0n) is 9.41. The number of nitrogens with zero attached hydrogens (tertiary/aromatic N) is 2. The number of hydrogen-bond donors (Lipinski definition) is 0. The summed E-state index contributed by atoms with van der Waals surface area (Å²) in [4.78, 5) is 5.81. The molecular formula is C12H18N2. The van der Waals surface area contributed by atoms with Gasteiger partial charge in [0.1, 0.15) is 0 Å². The third kappa shape index (κ3) is 3.95. The van der Waals surface area contributed by atoms with Gasteiger partial charge in [-0.15, -0.1) is 6.42 Å². The maximum atomic E-state index is 5.31. The molecule has 0 aromatic heterocycles. The van der Waals surface area contributed by atoms with Crippen LogP contribution < -0.4 is 0 Å². The van der Waals surface area contributed by atoms with Gasteiger partial charge in [0.15, 0.2) is 5.84 Å². The summed E-state index contributed by atoms with van der Waals surface area (Å²) in [5, 5.41) is 0. The number of rotatable bonds is 3. The van der Waals surface area contributed by atoms with Crippen LogP contribution in [0.4, 0.5) is 0 Å². The van der Waals surface area contributed by atoms with Gasteiger partial charge in [0.2, 0.25) is 0 Å². The molecule has 0 radical (unpaired) electrons. The molecule has 0 saturated carbocycles. The molecule has 0 aromatic rings. The molecule has 0 heterocycles. The fourth-order valence-electron chi connectivity index (χ4n) is 0.832. The average molecular weight is 190 g/mol. The van der Waals surface area contributed by atoms with Gasteiger partial charge in [-0.25, -0.2) is 4.99 Å². The van der Waals surface area contributed by atoms with Crippen molar-refractivity contribution in [2.45, 2.75) is 20.8 Å². The minimum atomic E-state index is 0.514. The van der Waals surface area contributed by atoms with Crippen LogP contribution in [0.5, 0.6) is 0 Å². The van der Waals surface area contributed by atoms with Crippen LogP contribution in [0.15, 0.2) is 29.5 Å². The van der Waals surface area contributed by atoms with Gasteiger partial charge in [-0.3, -0.25) is 0 Å². The Morgan fingerprint density at radius 2 is 2.14 bits per heavy atom. The Kier molecular flexibility index (Phi) is 5.40. The number of amidine groups is 1. The molecule has 0 rings (SSSR count). The number of aliphatic imine (C=N–C) groups is 1. The van der Waals surface area contributed by atoms with Crippen LogP contribution in [0.1, 0.15) is 20.8 Å². The van der Waals surface area contributed by atoms with Crippen LogP contribution >= 0.6 is 0 Å². The third-order valence-corrected chi connectivity index (χ3v) is 1.98. The molecular weight excluding hydrogens is 172 g/mol. The first-order chi connectivity index (χ1) is 6.52. The van der Waals surface area contributed by atoms with Crippen molar-refractivity contribution >= 4 is 5.84 Å². The molecule has 0 aliphatic heterocycles. The summed E-state index contributed by atoms with van der Waals surface area (Å²) in [6.45, 7) is 9.86. The highest BCUT2D eigenvalue weighted by Crippen LogP contribution is 2.08. The summed E-state index contributed by atoms with van der Waals surface area (Å²) in [6.07, 6.45) is 8.75. The molecule has 0 N–H and O–H groups in total.